The summed E-state index contributed by atoms with van der Waals surface area (Å²) in [5.41, 5.74) is 1.22. The quantitative estimate of drug-likeness (QED) is 0.922. The highest BCUT2D eigenvalue weighted by atomic mass is 16.4. The second-order valence-corrected chi connectivity index (χ2v) is 6.12. The largest absolute Gasteiger partial charge is 0.480 e. The normalized spacial score (nSPS) is 17.6. The number of aliphatic carboxylic acids is 1. The van der Waals surface area contributed by atoms with Gasteiger partial charge in [-0.25, -0.2) is 4.79 Å². The number of carbonyl (C=O) groups is 2. The Kier molecular flexibility index (Phi) is 4.60. The molecule has 1 heterocycles. The van der Waals surface area contributed by atoms with Crippen LogP contribution in [0.15, 0.2) is 42.5 Å². The zero-order valence-corrected chi connectivity index (χ0v) is 13.1. The van der Waals surface area contributed by atoms with Crippen molar-refractivity contribution in [2.45, 2.75) is 38.1 Å². The molecule has 0 radical (unpaired) electrons. The van der Waals surface area contributed by atoms with Gasteiger partial charge in [-0.15, -0.1) is 0 Å². The molecule has 120 valence electrons. The van der Waals surface area contributed by atoms with E-state index < -0.39 is 12.0 Å². The van der Waals surface area contributed by atoms with Crippen LogP contribution in [0.2, 0.25) is 0 Å². The first-order chi connectivity index (χ1) is 11.1. The number of amides is 1. The topological polar surface area (TPSA) is 57.6 Å². The molecule has 0 spiro atoms. The molecule has 1 unspecified atom stereocenters. The van der Waals surface area contributed by atoms with Gasteiger partial charge < -0.3 is 10.0 Å². The average molecular weight is 311 g/mol. The highest BCUT2D eigenvalue weighted by Gasteiger charge is 2.33. The van der Waals surface area contributed by atoms with Crippen molar-refractivity contribution in [3.8, 4) is 0 Å². The van der Waals surface area contributed by atoms with Crippen molar-refractivity contribution < 1.29 is 14.7 Å². The lowest BCUT2D eigenvalue weighted by molar-refractivity contribution is -0.148. The Bertz CT molecular complexity index is 725. The summed E-state index contributed by atoms with van der Waals surface area (Å²) in [5.74, 6) is -0.916. The first kappa shape index (κ1) is 15.5. The van der Waals surface area contributed by atoms with Gasteiger partial charge in [0.25, 0.3) is 0 Å². The van der Waals surface area contributed by atoms with Gasteiger partial charge in [0, 0.05) is 13.0 Å². The van der Waals surface area contributed by atoms with Crippen LogP contribution in [0, 0.1) is 0 Å². The van der Waals surface area contributed by atoms with Gasteiger partial charge in [0.1, 0.15) is 6.04 Å². The molecule has 4 nitrogen and oxygen atoms in total. The second-order valence-electron chi connectivity index (χ2n) is 6.12. The Balaban J connectivity index is 1.56. The van der Waals surface area contributed by atoms with Gasteiger partial charge in [-0.2, -0.15) is 0 Å². The number of carbonyl (C=O) groups excluding carboxylic acids is 1. The Morgan fingerprint density at radius 3 is 2.70 bits per heavy atom. The monoisotopic (exact) mass is 311 g/mol. The van der Waals surface area contributed by atoms with E-state index in [0.717, 1.165) is 19.3 Å². The van der Waals surface area contributed by atoms with E-state index in [1.807, 2.05) is 12.1 Å². The maximum atomic E-state index is 12.2. The van der Waals surface area contributed by atoms with Gasteiger partial charge in [-0.1, -0.05) is 42.5 Å². The molecular weight excluding hydrogens is 290 g/mol. The highest BCUT2D eigenvalue weighted by Crippen LogP contribution is 2.20. The fraction of sp³-hybridized carbons (Fsp3) is 0.368. The zero-order chi connectivity index (χ0) is 16.2. The molecule has 1 N–H and O–H groups in total. The molecule has 0 aliphatic carbocycles. The van der Waals surface area contributed by atoms with Crippen LogP contribution >= 0.6 is 0 Å². The van der Waals surface area contributed by atoms with Gasteiger partial charge >= 0.3 is 5.97 Å². The average Bonchev–Trinajstić information content (AvgIpc) is 3.04. The lowest BCUT2D eigenvalue weighted by Gasteiger charge is -2.21. The number of carboxylic acid groups (broad SMARTS) is 1. The molecule has 23 heavy (non-hydrogen) atoms. The Morgan fingerprint density at radius 2 is 1.91 bits per heavy atom. The summed E-state index contributed by atoms with van der Waals surface area (Å²) in [6, 6.07) is 14.0. The van der Waals surface area contributed by atoms with Crippen molar-refractivity contribution in [3.05, 3.63) is 48.0 Å². The molecule has 1 aliphatic rings. The SMILES string of the molecule is O=C(O)C1CCCN1C(=O)CCCc1ccc2ccccc2c1. The van der Waals surface area contributed by atoms with Gasteiger partial charge in [-0.05, 0) is 42.0 Å². The molecule has 1 aliphatic heterocycles. The molecule has 4 heteroatoms. The maximum Gasteiger partial charge on any atom is 0.326 e. The summed E-state index contributed by atoms with van der Waals surface area (Å²) >= 11 is 0. The molecule has 1 atom stereocenters. The summed E-state index contributed by atoms with van der Waals surface area (Å²) in [6.07, 6.45) is 3.36. The number of hydrogen-bond acceptors (Lipinski definition) is 2. The minimum absolute atomic E-state index is 0.0318. The van der Waals surface area contributed by atoms with E-state index in [-0.39, 0.29) is 5.91 Å². The van der Waals surface area contributed by atoms with Crippen LogP contribution in [0.4, 0.5) is 0 Å². The van der Waals surface area contributed by atoms with Crippen molar-refractivity contribution in [1.29, 1.82) is 0 Å². The lowest BCUT2D eigenvalue weighted by atomic mass is 10.0. The summed E-state index contributed by atoms with van der Waals surface area (Å²) < 4.78 is 0. The summed E-state index contributed by atoms with van der Waals surface area (Å²) in [7, 11) is 0. The predicted molar refractivity (Wildman–Crippen MR) is 89.3 cm³/mol. The maximum absolute atomic E-state index is 12.2. The van der Waals surface area contributed by atoms with Crippen LogP contribution in [0.1, 0.15) is 31.2 Å². The number of carboxylic acids is 1. The smallest absolute Gasteiger partial charge is 0.326 e. The summed E-state index contributed by atoms with van der Waals surface area (Å²) in [5, 5.41) is 11.6. The lowest BCUT2D eigenvalue weighted by Crippen LogP contribution is -2.40. The fourth-order valence-corrected chi connectivity index (χ4v) is 3.30. The van der Waals surface area contributed by atoms with Crippen LogP contribution in [0.3, 0.4) is 0 Å². The van der Waals surface area contributed by atoms with Gasteiger partial charge in [-0.3, -0.25) is 4.79 Å². The number of rotatable bonds is 5. The molecule has 0 aromatic heterocycles. The third-order valence-electron chi connectivity index (χ3n) is 4.53. The Labute approximate surface area is 135 Å². The number of fused-ring (bicyclic) bond motifs is 1. The summed E-state index contributed by atoms with van der Waals surface area (Å²) in [6.45, 7) is 0.575. The summed E-state index contributed by atoms with van der Waals surface area (Å²) in [4.78, 5) is 24.9. The standard InChI is InChI=1S/C19H21NO3/c21-18(20-12-4-8-17(20)19(22)23)9-3-5-14-10-11-15-6-1-2-7-16(15)13-14/h1-2,6-7,10-11,13,17H,3-5,8-9,12H2,(H,22,23). The number of aryl methyl sites for hydroxylation is 1. The molecule has 1 amide bonds. The molecule has 0 bridgehead atoms. The molecule has 2 aromatic rings. The zero-order valence-electron chi connectivity index (χ0n) is 13.1. The Morgan fingerprint density at radius 1 is 1.13 bits per heavy atom. The van der Waals surface area contributed by atoms with Gasteiger partial charge in [0.2, 0.25) is 5.91 Å². The third-order valence-corrected chi connectivity index (χ3v) is 4.53. The van der Waals surface area contributed by atoms with E-state index in [0.29, 0.717) is 19.4 Å². The molecule has 2 aromatic carbocycles. The Hall–Kier alpha value is -2.36. The second kappa shape index (κ2) is 6.82. The number of nitrogens with zero attached hydrogens (tertiary/aromatic N) is 1. The minimum atomic E-state index is -0.884. The van der Waals surface area contributed by atoms with Crippen molar-refractivity contribution in [2.24, 2.45) is 0 Å². The van der Waals surface area contributed by atoms with E-state index in [4.69, 9.17) is 5.11 Å². The van der Waals surface area contributed by atoms with Crippen LogP contribution in [-0.2, 0) is 16.0 Å². The first-order valence-corrected chi connectivity index (χ1v) is 8.15. The van der Waals surface area contributed by atoms with Crippen molar-refractivity contribution >= 4 is 22.6 Å². The first-order valence-electron chi connectivity index (χ1n) is 8.15. The fourth-order valence-electron chi connectivity index (χ4n) is 3.30. The number of likely N-dealkylation sites (tertiary alicyclic amines) is 1. The van der Waals surface area contributed by atoms with Crippen molar-refractivity contribution in [3.63, 3.8) is 0 Å². The van der Waals surface area contributed by atoms with Crippen LogP contribution < -0.4 is 0 Å². The number of benzene rings is 2. The van der Waals surface area contributed by atoms with Gasteiger partial charge in [0.15, 0.2) is 0 Å². The van der Waals surface area contributed by atoms with Gasteiger partial charge in [0.05, 0.1) is 0 Å². The molecule has 1 fully saturated rings. The van der Waals surface area contributed by atoms with Crippen LogP contribution in [0.25, 0.3) is 10.8 Å². The minimum Gasteiger partial charge on any atom is -0.480 e. The molecule has 3 rings (SSSR count). The van der Waals surface area contributed by atoms with Crippen LogP contribution in [-0.4, -0.2) is 34.5 Å². The van der Waals surface area contributed by atoms with Crippen LogP contribution in [0.5, 0.6) is 0 Å². The molecule has 1 saturated heterocycles. The molecular formula is C19H21NO3. The highest BCUT2D eigenvalue weighted by molar-refractivity contribution is 5.84. The van der Waals surface area contributed by atoms with E-state index in [1.54, 1.807) is 0 Å². The van der Waals surface area contributed by atoms with E-state index in [1.165, 1.54) is 21.2 Å². The van der Waals surface area contributed by atoms with Crippen molar-refractivity contribution in [1.82, 2.24) is 4.90 Å². The number of hydrogen-bond donors (Lipinski definition) is 1. The van der Waals surface area contributed by atoms with Crippen molar-refractivity contribution in [2.75, 3.05) is 6.54 Å². The molecule has 0 saturated carbocycles. The third kappa shape index (κ3) is 3.52. The van der Waals surface area contributed by atoms with E-state index >= 15 is 0 Å². The van der Waals surface area contributed by atoms with E-state index in [2.05, 4.69) is 30.3 Å². The van der Waals surface area contributed by atoms with E-state index in [9.17, 15) is 9.59 Å². The predicted octanol–water partition coefficient (Wildman–Crippen LogP) is 3.24.